The van der Waals surface area contributed by atoms with Crippen LogP contribution in [-0.2, 0) is 9.53 Å². The number of nitrogens with zero attached hydrogens (tertiary/aromatic N) is 2. The Kier molecular flexibility index (Phi) is 2.72. The molecule has 1 aromatic carbocycles. The summed E-state index contributed by atoms with van der Waals surface area (Å²) in [7, 11) is 0. The molecule has 0 N–H and O–H groups in total. The average Bonchev–Trinajstić information content (AvgIpc) is 2.29. The third kappa shape index (κ3) is 2.10. The summed E-state index contributed by atoms with van der Waals surface area (Å²) in [6, 6.07) is 6.12. The van der Waals surface area contributed by atoms with Crippen molar-refractivity contribution < 1.29 is 14.5 Å². The molecular weight excluding hydrogens is 212 g/mol. The molecule has 0 radical (unpaired) electrons. The van der Waals surface area contributed by atoms with E-state index < -0.39 is 4.92 Å². The van der Waals surface area contributed by atoms with Crippen LogP contribution in [-0.4, -0.2) is 30.6 Å². The molecule has 0 atom stereocenters. The van der Waals surface area contributed by atoms with Crippen LogP contribution in [0.1, 0.15) is 0 Å². The summed E-state index contributed by atoms with van der Waals surface area (Å²) >= 11 is 0. The molecule has 1 aromatic rings. The second-order valence-corrected chi connectivity index (χ2v) is 3.42. The van der Waals surface area contributed by atoms with Gasteiger partial charge in [0.1, 0.15) is 13.2 Å². The van der Waals surface area contributed by atoms with Crippen LogP contribution in [0.25, 0.3) is 0 Å². The Bertz CT molecular complexity index is 415. The van der Waals surface area contributed by atoms with Gasteiger partial charge in [0, 0.05) is 17.8 Å². The fourth-order valence-electron chi connectivity index (χ4n) is 1.56. The lowest BCUT2D eigenvalue weighted by molar-refractivity contribution is -0.384. The van der Waals surface area contributed by atoms with E-state index in [0.29, 0.717) is 13.2 Å². The van der Waals surface area contributed by atoms with E-state index in [1.807, 2.05) is 4.90 Å². The fraction of sp³-hybridized carbons (Fsp3) is 0.300. The lowest BCUT2D eigenvalue weighted by Gasteiger charge is -2.27. The number of carbonyl (C=O) groups is 1. The first-order valence-electron chi connectivity index (χ1n) is 4.82. The van der Waals surface area contributed by atoms with Crippen LogP contribution in [0.4, 0.5) is 11.4 Å². The maximum Gasteiger partial charge on any atom is 0.325 e. The first kappa shape index (κ1) is 10.4. The molecule has 6 nitrogen and oxygen atoms in total. The van der Waals surface area contributed by atoms with Crippen molar-refractivity contribution in [2.75, 3.05) is 24.6 Å². The summed E-state index contributed by atoms with van der Waals surface area (Å²) in [6.45, 7) is 1.16. The summed E-state index contributed by atoms with van der Waals surface area (Å²) < 4.78 is 4.80. The molecule has 0 saturated carbocycles. The zero-order valence-electron chi connectivity index (χ0n) is 8.46. The number of benzene rings is 1. The number of esters is 1. The summed E-state index contributed by atoms with van der Waals surface area (Å²) in [5.74, 6) is -0.274. The Hall–Kier alpha value is -2.11. The zero-order valence-corrected chi connectivity index (χ0v) is 8.46. The van der Waals surface area contributed by atoms with Crippen molar-refractivity contribution in [3.8, 4) is 0 Å². The quantitative estimate of drug-likeness (QED) is 0.423. The smallest absolute Gasteiger partial charge is 0.325 e. The number of rotatable bonds is 2. The molecule has 16 heavy (non-hydrogen) atoms. The highest BCUT2D eigenvalue weighted by molar-refractivity contribution is 5.77. The van der Waals surface area contributed by atoms with Gasteiger partial charge in [0.15, 0.2) is 0 Å². The van der Waals surface area contributed by atoms with E-state index in [1.165, 1.54) is 12.1 Å². The van der Waals surface area contributed by atoms with E-state index in [2.05, 4.69) is 0 Å². The standard InChI is InChI=1S/C10H10N2O4/c13-10-7-11(5-6-16-10)8-1-3-9(4-2-8)12(14)15/h1-4H,5-7H2. The largest absolute Gasteiger partial charge is 0.462 e. The number of morpholine rings is 1. The number of carbonyl (C=O) groups excluding carboxylic acids is 1. The van der Waals surface area contributed by atoms with Crippen LogP contribution >= 0.6 is 0 Å². The molecule has 0 amide bonds. The van der Waals surface area contributed by atoms with Crippen LogP contribution in [0.2, 0.25) is 0 Å². The van der Waals surface area contributed by atoms with Crippen LogP contribution in [0.5, 0.6) is 0 Å². The highest BCUT2D eigenvalue weighted by Crippen LogP contribution is 2.20. The van der Waals surface area contributed by atoms with E-state index >= 15 is 0 Å². The van der Waals surface area contributed by atoms with E-state index in [-0.39, 0.29) is 18.2 Å². The molecular formula is C10H10N2O4. The highest BCUT2D eigenvalue weighted by atomic mass is 16.6. The van der Waals surface area contributed by atoms with Gasteiger partial charge in [-0.3, -0.25) is 14.9 Å². The predicted molar refractivity (Wildman–Crippen MR) is 56.3 cm³/mol. The van der Waals surface area contributed by atoms with Gasteiger partial charge in [-0.2, -0.15) is 0 Å². The monoisotopic (exact) mass is 222 g/mol. The van der Waals surface area contributed by atoms with Crippen molar-refractivity contribution >= 4 is 17.3 Å². The third-order valence-corrected chi connectivity index (χ3v) is 2.37. The Morgan fingerprint density at radius 1 is 1.31 bits per heavy atom. The van der Waals surface area contributed by atoms with Crippen LogP contribution in [0.15, 0.2) is 24.3 Å². The maximum atomic E-state index is 11.0. The number of nitro benzene ring substituents is 1. The van der Waals surface area contributed by atoms with Crippen LogP contribution in [0, 0.1) is 10.1 Å². The van der Waals surface area contributed by atoms with E-state index in [0.717, 1.165) is 5.69 Å². The van der Waals surface area contributed by atoms with Crippen molar-refractivity contribution in [2.24, 2.45) is 0 Å². The lowest BCUT2D eigenvalue weighted by atomic mass is 10.2. The molecule has 0 bridgehead atoms. The maximum absolute atomic E-state index is 11.0. The van der Waals surface area contributed by atoms with Crippen molar-refractivity contribution in [1.29, 1.82) is 0 Å². The van der Waals surface area contributed by atoms with E-state index in [1.54, 1.807) is 12.1 Å². The Labute approximate surface area is 91.6 Å². The molecule has 1 fully saturated rings. The number of non-ortho nitro benzene ring substituents is 1. The normalized spacial score (nSPS) is 15.8. The van der Waals surface area contributed by atoms with Crippen LogP contribution in [0.3, 0.4) is 0 Å². The van der Waals surface area contributed by atoms with Gasteiger partial charge in [0.2, 0.25) is 0 Å². The molecule has 0 spiro atoms. The van der Waals surface area contributed by atoms with E-state index in [4.69, 9.17) is 4.74 Å². The van der Waals surface area contributed by atoms with Gasteiger partial charge >= 0.3 is 5.97 Å². The van der Waals surface area contributed by atoms with Gasteiger partial charge in [-0.15, -0.1) is 0 Å². The van der Waals surface area contributed by atoms with Gasteiger partial charge in [0.25, 0.3) is 5.69 Å². The molecule has 84 valence electrons. The summed E-state index contributed by atoms with van der Waals surface area (Å²) in [6.07, 6.45) is 0. The van der Waals surface area contributed by atoms with Gasteiger partial charge in [-0.1, -0.05) is 0 Å². The second kappa shape index (κ2) is 4.18. The number of hydrogen-bond donors (Lipinski definition) is 0. The lowest BCUT2D eigenvalue weighted by Crippen LogP contribution is -2.39. The highest BCUT2D eigenvalue weighted by Gasteiger charge is 2.18. The molecule has 1 aliphatic rings. The molecule has 1 aliphatic heterocycles. The molecule has 1 saturated heterocycles. The summed E-state index contributed by atoms with van der Waals surface area (Å²) in [5, 5.41) is 10.5. The molecule has 0 unspecified atom stereocenters. The minimum atomic E-state index is -0.450. The topological polar surface area (TPSA) is 72.7 Å². The number of ether oxygens (including phenoxy) is 1. The minimum Gasteiger partial charge on any atom is -0.462 e. The van der Waals surface area contributed by atoms with E-state index in [9.17, 15) is 14.9 Å². The van der Waals surface area contributed by atoms with Crippen molar-refractivity contribution in [1.82, 2.24) is 0 Å². The zero-order chi connectivity index (χ0) is 11.5. The minimum absolute atomic E-state index is 0.0448. The molecule has 1 heterocycles. The van der Waals surface area contributed by atoms with Crippen molar-refractivity contribution in [3.05, 3.63) is 34.4 Å². The van der Waals surface area contributed by atoms with Crippen molar-refractivity contribution in [2.45, 2.75) is 0 Å². The van der Waals surface area contributed by atoms with Gasteiger partial charge in [-0.05, 0) is 12.1 Å². The molecule has 2 rings (SSSR count). The fourth-order valence-corrected chi connectivity index (χ4v) is 1.56. The van der Waals surface area contributed by atoms with Crippen LogP contribution < -0.4 is 4.90 Å². The molecule has 0 aliphatic carbocycles. The first-order chi connectivity index (χ1) is 7.66. The summed E-state index contributed by atoms with van der Waals surface area (Å²) in [4.78, 5) is 22.9. The number of hydrogen-bond acceptors (Lipinski definition) is 5. The Balaban J connectivity index is 2.14. The van der Waals surface area contributed by atoms with Crippen molar-refractivity contribution in [3.63, 3.8) is 0 Å². The number of nitro groups is 1. The van der Waals surface area contributed by atoms with Gasteiger partial charge in [-0.25, -0.2) is 0 Å². The SMILES string of the molecule is O=C1CN(c2ccc([N+](=O)[O-])cc2)CCO1. The molecule has 6 heteroatoms. The Morgan fingerprint density at radius 3 is 2.56 bits per heavy atom. The summed E-state index contributed by atoms with van der Waals surface area (Å²) in [5.41, 5.74) is 0.839. The average molecular weight is 222 g/mol. The molecule has 0 aromatic heterocycles. The third-order valence-electron chi connectivity index (χ3n) is 2.37. The van der Waals surface area contributed by atoms with Gasteiger partial charge < -0.3 is 9.64 Å². The van der Waals surface area contributed by atoms with Gasteiger partial charge in [0.05, 0.1) is 11.5 Å². The second-order valence-electron chi connectivity index (χ2n) is 3.42. The first-order valence-corrected chi connectivity index (χ1v) is 4.82. The Morgan fingerprint density at radius 2 is 2.00 bits per heavy atom. The number of anilines is 1. The predicted octanol–water partition coefficient (Wildman–Crippen LogP) is 0.958. The number of cyclic esters (lactones) is 1.